The predicted molar refractivity (Wildman–Crippen MR) is 112 cm³/mol. The lowest BCUT2D eigenvalue weighted by atomic mass is 9.99. The van der Waals surface area contributed by atoms with Gasteiger partial charge in [-0.15, -0.1) is 11.3 Å². The van der Waals surface area contributed by atoms with Crippen LogP contribution in [0.15, 0.2) is 53.9 Å². The molecule has 4 nitrogen and oxygen atoms in total. The van der Waals surface area contributed by atoms with Crippen LogP contribution in [-0.4, -0.2) is 24.0 Å². The van der Waals surface area contributed by atoms with E-state index in [-0.39, 0.29) is 5.91 Å². The molecule has 0 atom stereocenters. The average molecular weight is 378 g/mol. The minimum Gasteiger partial charge on any atom is -0.320 e. The molecule has 5 heteroatoms. The molecule has 1 amide bonds. The second-order valence-electron chi connectivity index (χ2n) is 6.96. The SMILES string of the molecule is Cc1ccc(NC(=O)c2csc(C3CCNCC3)n2)c(-c2ccccc2)c1. The number of thiazole rings is 1. The van der Waals surface area contributed by atoms with Gasteiger partial charge in [0.15, 0.2) is 0 Å². The summed E-state index contributed by atoms with van der Waals surface area (Å²) in [5.41, 5.74) is 4.60. The van der Waals surface area contributed by atoms with E-state index in [0.29, 0.717) is 11.6 Å². The minimum absolute atomic E-state index is 0.146. The summed E-state index contributed by atoms with van der Waals surface area (Å²) in [4.78, 5) is 17.4. The second kappa shape index (κ2) is 8.03. The summed E-state index contributed by atoms with van der Waals surface area (Å²) in [5.74, 6) is 0.324. The highest BCUT2D eigenvalue weighted by Gasteiger charge is 2.20. The smallest absolute Gasteiger partial charge is 0.275 e. The number of aryl methyl sites for hydroxylation is 1. The maximum absolute atomic E-state index is 12.8. The lowest BCUT2D eigenvalue weighted by Gasteiger charge is -2.20. The molecule has 0 spiro atoms. The van der Waals surface area contributed by atoms with Gasteiger partial charge in [-0.3, -0.25) is 4.79 Å². The van der Waals surface area contributed by atoms with Gasteiger partial charge in [-0.05, 0) is 50.6 Å². The molecular formula is C22H23N3OS. The summed E-state index contributed by atoms with van der Waals surface area (Å²) in [6, 6.07) is 16.2. The van der Waals surface area contributed by atoms with Gasteiger partial charge in [0.2, 0.25) is 0 Å². The Morgan fingerprint density at radius 2 is 1.93 bits per heavy atom. The van der Waals surface area contributed by atoms with Gasteiger partial charge in [-0.25, -0.2) is 4.98 Å². The van der Waals surface area contributed by atoms with E-state index in [4.69, 9.17) is 0 Å². The number of carbonyl (C=O) groups is 1. The number of nitrogens with one attached hydrogen (secondary N) is 2. The summed E-state index contributed by atoms with van der Waals surface area (Å²) in [6.45, 7) is 4.11. The lowest BCUT2D eigenvalue weighted by Crippen LogP contribution is -2.26. The van der Waals surface area contributed by atoms with Gasteiger partial charge in [0, 0.05) is 22.5 Å². The van der Waals surface area contributed by atoms with Gasteiger partial charge < -0.3 is 10.6 Å². The number of rotatable bonds is 4. The third-order valence-corrected chi connectivity index (χ3v) is 5.96. The third kappa shape index (κ3) is 4.10. The Morgan fingerprint density at radius 3 is 2.70 bits per heavy atom. The van der Waals surface area contributed by atoms with E-state index >= 15 is 0 Å². The van der Waals surface area contributed by atoms with Gasteiger partial charge in [-0.1, -0.05) is 42.0 Å². The Balaban J connectivity index is 1.56. The molecule has 2 aromatic carbocycles. The topological polar surface area (TPSA) is 54.0 Å². The molecule has 1 aromatic heterocycles. The van der Waals surface area contributed by atoms with Gasteiger partial charge in [0.25, 0.3) is 5.91 Å². The van der Waals surface area contributed by atoms with Crippen molar-refractivity contribution >= 4 is 22.9 Å². The average Bonchev–Trinajstić information content (AvgIpc) is 3.21. The fraction of sp³-hybridized carbons (Fsp3) is 0.273. The minimum atomic E-state index is -0.146. The van der Waals surface area contributed by atoms with Crippen LogP contribution < -0.4 is 10.6 Å². The summed E-state index contributed by atoms with van der Waals surface area (Å²) in [5, 5.41) is 9.39. The van der Waals surface area contributed by atoms with Crippen LogP contribution in [0, 0.1) is 6.92 Å². The number of hydrogen-bond acceptors (Lipinski definition) is 4. The molecule has 0 aliphatic carbocycles. The number of nitrogens with zero attached hydrogens (tertiary/aromatic N) is 1. The largest absolute Gasteiger partial charge is 0.320 e. The first-order chi connectivity index (χ1) is 13.2. The van der Waals surface area contributed by atoms with Gasteiger partial charge in [-0.2, -0.15) is 0 Å². The van der Waals surface area contributed by atoms with Crippen molar-refractivity contribution in [1.82, 2.24) is 10.3 Å². The molecule has 0 bridgehead atoms. The van der Waals surface area contributed by atoms with Crippen molar-refractivity contribution in [2.45, 2.75) is 25.7 Å². The van der Waals surface area contributed by atoms with Crippen LogP contribution in [-0.2, 0) is 0 Å². The van der Waals surface area contributed by atoms with Crippen molar-refractivity contribution < 1.29 is 4.79 Å². The molecule has 1 saturated heterocycles. The summed E-state index contributed by atoms with van der Waals surface area (Å²) in [7, 11) is 0. The molecule has 4 rings (SSSR count). The molecule has 0 unspecified atom stereocenters. The molecule has 2 N–H and O–H groups in total. The van der Waals surface area contributed by atoms with Gasteiger partial charge in [0.05, 0.1) is 5.01 Å². The Labute approximate surface area is 163 Å². The number of anilines is 1. The highest BCUT2D eigenvalue weighted by molar-refractivity contribution is 7.10. The molecule has 1 aliphatic rings. The maximum atomic E-state index is 12.8. The molecule has 1 fully saturated rings. The van der Waals surface area contributed by atoms with E-state index in [1.807, 2.05) is 35.7 Å². The van der Waals surface area contributed by atoms with Crippen LogP contribution >= 0.6 is 11.3 Å². The first-order valence-electron chi connectivity index (χ1n) is 9.34. The van der Waals surface area contributed by atoms with Crippen LogP contribution in [0.3, 0.4) is 0 Å². The zero-order valence-electron chi connectivity index (χ0n) is 15.4. The highest BCUT2D eigenvalue weighted by atomic mass is 32.1. The molecule has 3 aromatic rings. The third-order valence-electron chi connectivity index (χ3n) is 4.95. The summed E-state index contributed by atoms with van der Waals surface area (Å²) in [6.07, 6.45) is 2.18. The lowest BCUT2D eigenvalue weighted by molar-refractivity contribution is 0.102. The van der Waals surface area contributed by atoms with Crippen molar-refractivity contribution in [2.24, 2.45) is 0 Å². The standard InChI is InChI=1S/C22H23N3OS/c1-15-7-8-19(18(13-15)16-5-3-2-4-6-16)24-21(26)20-14-27-22(25-20)17-9-11-23-12-10-17/h2-8,13-14,17,23H,9-12H2,1H3,(H,24,26). The number of aromatic nitrogens is 1. The van der Waals surface area contributed by atoms with Crippen LogP contribution in [0.4, 0.5) is 5.69 Å². The molecular weight excluding hydrogens is 354 g/mol. The molecule has 0 saturated carbocycles. The highest BCUT2D eigenvalue weighted by Crippen LogP contribution is 2.31. The number of piperidine rings is 1. The van der Waals surface area contributed by atoms with E-state index < -0.39 is 0 Å². The molecule has 0 radical (unpaired) electrons. The zero-order valence-corrected chi connectivity index (χ0v) is 16.2. The van der Waals surface area contributed by atoms with Crippen molar-refractivity contribution in [3.63, 3.8) is 0 Å². The van der Waals surface area contributed by atoms with Gasteiger partial charge >= 0.3 is 0 Å². The fourth-order valence-electron chi connectivity index (χ4n) is 3.46. The number of amides is 1. The predicted octanol–water partition coefficient (Wildman–Crippen LogP) is 4.84. The maximum Gasteiger partial charge on any atom is 0.275 e. The Bertz CT molecular complexity index is 930. The molecule has 1 aliphatic heterocycles. The summed E-state index contributed by atoms with van der Waals surface area (Å²) < 4.78 is 0. The Hall–Kier alpha value is -2.50. The van der Waals surface area contributed by atoms with Crippen LogP contribution in [0.2, 0.25) is 0 Å². The molecule has 138 valence electrons. The van der Waals surface area contributed by atoms with E-state index in [0.717, 1.165) is 53.3 Å². The van der Waals surface area contributed by atoms with E-state index in [1.165, 1.54) is 0 Å². The Morgan fingerprint density at radius 1 is 1.15 bits per heavy atom. The number of hydrogen-bond donors (Lipinski definition) is 2. The van der Waals surface area contributed by atoms with Crippen molar-refractivity contribution in [2.75, 3.05) is 18.4 Å². The van der Waals surface area contributed by atoms with E-state index in [1.54, 1.807) is 11.3 Å². The normalized spacial score (nSPS) is 14.9. The monoisotopic (exact) mass is 377 g/mol. The quantitative estimate of drug-likeness (QED) is 0.684. The van der Waals surface area contributed by atoms with Gasteiger partial charge in [0.1, 0.15) is 5.69 Å². The zero-order chi connectivity index (χ0) is 18.6. The first-order valence-corrected chi connectivity index (χ1v) is 10.2. The van der Waals surface area contributed by atoms with Crippen molar-refractivity contribution in [3.05, 3.63) is 70.2 Å². The summed E-state index contributed by atoms with van der Waals surface area (Å²) >= 11 is 1.60. The van der Waals surface area contributed by atoms with E-state index in [9.17, 15) is 4.79 Å². The molecule has 27 heavy (non-hydrogen) atoms. The number of benzene rings is 2. The van der Waals surface area contributed by atoms with E-state index in [2.05, 4.69) is 40.7 Å². The van der Waals surface area contributed by atoms with Crippen LogP contribution in [0.25, 0.3) is 11.1 Å². The number of carbonyl (C=O) groups excluding carboxylic acids is 1. The Kier molecular flexibility index (Phi) is 5.32. The first kappa shape index (κ1) is 17.9. The molecule has 2 heterocycles. The van der Waals surface area contributed by atoms with Crippen molar-refractivity contribution in [3.8, 4) is 11.1 Å². The fourth-order valence-corrected chi connectivity index (χ4v) is 4.43. The van der Waals surface area contributed by atoms with Crippen molar-refractivity contribution in [1.29, 1.82) is 0 Å². The second-order valence-corrected chi connectivity index (χ2v) is 7.85. The van der Waals surface area contributed by atoms with Crippen LogP contribution in [0.5, 0.6) is 0 Å². The van der Waals surface area contributed by atoms with Crippen LogP contribution in [0.1, 0.15) is 39.8 Å².